The van der Waals surface area contributed by atoms with Crippen molar-refractivity contribution < 1.29 is 9.18 Å². The summed E-state index contributed by atoms with van der Waals surface area (Å²) in [5.74, 6) is -0.559. The van der Waals surface area contributed by atoms with E-state index < -0.39 is 5.25 Å². The van der Waals surface area contributed by atoms with Gasteiger partial charge < -0.3 is 5.32 Å². The van der Waals surface area contributed by atoms with Gasteiger partial charge in [0.1, 0.15) is 5.82 Å². The SMILES string of the molecule is Cc1cccc(C)c1-n1nnnc1S[C@H](C)C(=O)Nc1ccc(F)cc1. The molecule has 0 aliphatic carbocycles. The molecule has 1 aromatic heterocycles. The molecule has 0 spiro atoms. The molecule has 3 aromatic rings. The quantitative estimate of drug-likeness (QED) is 0.695. The van der Waals surface area contributed by atoms with Gasteiger partial charge in [-0.2, -0.15) is 4.68 Å². The number of hydrogen-bond acceptors (Lipinski definition) is 5. The topological polar surface area (TPSA) is 72.7 Å². The predicted octanol–water partition coefficient (Wildman–Crippen LogP) is 3.54. The molecule has 8 heteroatoms. The minimum absolute atomic E-state index is 0.210. The minimum atomic E-state index is -0.436. The molecule has 134 valence electrons. The Labute approximate surface area is 154 Å². The Morgan fingerprint density at radius 2 is 1.81 bits per heavy atom. The lowest BCUT2D eigenvalue weighted by Gasteiger charge is -2.13. The number of carbonyl (C=O) groups excluding carboxylic acids is 1. The maximum Gasteiger partial charge on any atom is 0.237 e. The van der Waals surface area contributed by atoms with Gasteiger partial charge in [0.15, 0.2) is 0 Å². The molecule has 1 heterocycles. The van der Waals surface area contributed by atoms with Crippen molar-refractivity contribution in [3.05, 3.63) is 59.4 Å². The maximum absolute atomic E-state index is 13.0. The normalized spacial score (nSPS) is 12.0. The number of anilines is 1. The highest BCUT2D eigenvalue weighted by Gasteiger charge is 2.20. The smallest absolute Gasteiger partial charge is 0.237 e. The van der Waals surface area contributed by atoms with Crippen LogP contribution in [0, 0.1) is 19.7 Å². The summed E-state index contributed by atoms with van der Waals surface area (Å²) in [5.41, 5.74) is 3.54. The molecular weight excluding hydrogens is 353 g/mol. The van der Waals surface area contributed by atoms with Crippen LogP contribution in [-0.4, -0.2) is 31.4 Å². The van der Waals surface area contributed by atoms with Gasteiger partial charge in [0.25, 0.3) is 0 Å². The first kappa shape index (κ1) is 18.1. The predicted molar refractivity (Wildman–Crippen MR) is 99.0 cm³/mol. The van der Waals surface area contributed by atoms with E-state index in [1.54, 1.807) is 11.6 Å². The summed E-state index contributed by atoms with van der Waals surface area (Å²) in [7, 11) is 0. The van der Waals surface area contributed by atoms with Crippen molar-refractivity contribution >= 4 is 23.4 Å². The summed E-state index contributed by atoms with van der Waals surface area (Å²) in [5, 5.41) is 14.7. The molecule has 2 aromatic carbocycles. The van der Waals surface area contributed by atoms with Gasteiger partial charge in [0.05, 0.1) is 10.9 Å². The molecule has 0 aliphatic heterocycles. The molecule has 0 saturated heterocycles. The third-order valence-corrected chi connectivity index (χ3v) is 4.89. The highest BCUT2D eigenvalue weighted by molar-refractivity contribution is 8.00. The molecule has 1 atom stereocenters. The Morgan fingerprint density at radius 3 is 2.46 bits per heavy atom. The van der Waals surface area contributed by atoms with E-state index in [1.165, 1.54) is 36.0 Å². The van der Waals surface area contributed by atoms with Gasteiger partial charge in [-0.1, -0.05) is 30.0 Å². The van der Waals surface area contributed by atoms with E-state index in [9.17, 15) is 9.18 Å². The summed E-state index contributed by atoms with van der Waals surface area (Å²) in [6.07, 6.45) is 0. The maximum atomic E-state index is 13.0. The Morgan fingerprint density at radius 1 is 1.15 bits per heavy atom. The number of para-hydroxylation sites is 1. The van der Waals surface area contributed by atoms with Crippen LogP contribution in [0.1, 0.15) is 18.1 Å². The molecule has 0 aliphatic rings. The van der Waals surface area contributed by atoms with Crippen molar-refractivity contribution in [3.63, 3.8) is 0 Å². The molecule has 1 amide bonds. The van der Waals surface area contributed by atoms with Crippen LogP contribution in [0.2, 0.25) is 0 Å². The Balaban J connectivity index is 1.76. The van der Waals surface area contributed by atoms with Crippen LogP contribution in [0.3, 0.4) is 0 Å². The van der Waals surface area contributed by atoms with E-state index in [2.05, 4.69) is 20.8 Å². The fraction of sp³-hybridized carbons (Fsp3) is 0.222. The van der Waals surface area contributed by atoms with Crippen LogP contribution in [0.25, 0.3) is 5.69 Å². The van der Waals surface area contributed by atoms with Crippen molar-refractivity contribution in [1.82, 2.24) is 20.2 Å². The van der Waals surface area contributed by atoms with Gasteiger partial charge in [0.2, 0.25) is 11.1 Å². The standard InChI is InChI=1S/C18H18FN5OS/c1-11-5-4-6-12(2)16(11)24-18(21-22-23-24)26-13(3)17(25)20-15-9-7-14(19)8-10-15/h4-10,13H,1-3H3,(H,20,25)/t13-/m1/s1. The van der Waals surface area contributed by atoms with Crippen molar-refractivity contribution in [2.24, 2.45) is 0 Å². The summed E-state index contributed by atoms with van der Waals surface area (Å²) < 4.78 is 14.6. The van der Waals surface area contributed by atoms with E-state index in [0.29, 0.717) is 10.8 Å². The molecule has 0 fully saturated rings. The second kappa shape index (κ2) is 7.65. The molecule has 0 radical (unpaired) electrons. The molecular formula is C18H18FN5OS. The Hall–Kier alpha value is -2.74. The lowest BCUT2D eigenvalue weighted by molar-refractivity contribution is -0.115. The number of nitrogens with one attached hydrogen (secondary N) is 1. The number of thioether (sulfide) groups is 1. The largest absolute Gasteiger partial charge is 0.325 e. The summed E-state index contributed by atoms with van der Waals surface area (Å²) in [4.78, 5) is 12.4. The molecule has 1 N–H and O–H groups in total. The van der Waals surface area contributed by atoms with Gasteiger partial charge in [-0.3, -0.25) is 4.79 Å². The molecule has 26 heavy (non-hydrogen) atoms. The van der Waals surface area contributed by atoms with Gasteiger partial charge in [-0.25, -0.2) is 4.39 Å². The zero-order chi connectivity index (χ0) is 18.7. The van der Waals surface area contributed by atoms with Crippen molar-refractivity contribution in [3.8, 4) is 5.69 Å². The number of nitrogens with zero attached hydrogens (tertiary/aromatic N) is 4. The minimum Gasteiger partial charge on any atom is -0.325 e. The number of aromatic nitrogens is 4. The third kappa shape index (κ3) is 3.91. The van der Waals surface area contributed by atoms with Crippen LogP contribution >= 0.6 is 11.8 Å². The highest BCUT2D eigenvalue weighted by atomic mass is 32.2. The van der Waals surface area contributed by atoms with E-state index in [0.717, 1.165) is 16.8 Å². The number of halogens is 1. The second-order valence-electron chi connectivity index (χ2n) is 5.87. The summed E-state index contributed by atoms with van der Waals surface area (Å²) >= 11 is 1.26. The molecule has 0 unspecified atom stereocenters. The third-order valence-electron chi connectivity index (χ3n) is 3.86. The number of rotatable bonds is 5. The first-order valence-electron chi connectivity index (χ1n) is 8.04. The van der Waals surface area contributed by atoms with Crippen LogP contribution in [-0.2, 0) is 4.79 Å². The van der Waals surface area contributed by atoms with E-state index in [-0.39, 0.29) is 11.7 Å². The fourth-order valence-electron chi connectivity index (χ4n) is 2.52. The molecule has 0 bridgehead atoms. The van der Waals surface area contributed by atoms with Crippen LogP contribution in [0.5, 0.6) is 0 Å². The van der Waals surface area contributed by atoms with Gasteiger partial charge >= 0.3 is 0 Å². The van der Waals surface area contributed by atoms with E-state index in [1.807, 2.05) is 32.0 Å². The van der Waals surface area contributed by atoms with Crippen molar-refractivity contribution in [2.45, 2.75) is 31.2 Å². The summed E-state index contributed by atoms with van der Waals surface area (Å²) in [6, 6.07) is 11.6. The fourth-order valence-corrected chi connectivity index (χ4v) is 3.31. The van der Waals surface area contributed by atoms with Gasteiger partial charge in [0, 0.05) is 5.69 Å². The average Bonchev–Trinajstić information content (AvgIpc) is 3.04. The van der Waals surface area contributed by atoms with E-state index >= 15 is 0 Å². The van der Waals surface area contributed by atoms with Crippen molar-refractivity contribution in [1.29, 1.82) is 0 Å². The Kier molecular flexibility index (Phi) is 5.32. The number of carbonyl (C=O) groups is 1. The first-order valence-corrected chi connectivity index (χ1v) is 8.91. The lowest BCUT2D eigenvalue weighted by atomic mass is 10.1. The highest BCUT2D eigenvalue weighted by Crippen LogP contribution is 2.26. The van der Waals surface area contributed by atoms with Crippen LogP contribution in [0.15, 0.2) is 47.6 Å². The summed E-state index contributed by atoms with van der Waals surface area (Å²) in [6.45, 7) is 5.75. The van der Waals surface area contributed by atoms with E-state index in [4.69, 9.17) is 0 Å². The van der Waals surface area contributed by atoms with Crippen LogP contribution in [0.4, 0.5) is 10.1 Å². The zero-order valence-corrected chi connectivity index (χ0v) is 15.4. The number of benzene rings is 2. The number of hydrogen-bond donors (Lipinski definition) is 1. The Bertz CT molecular complexity index is 905. The number of aryl methyl sites for hydroxylation is 2. The molecule has 0 saturated carbocycles. The van der Waals surface area contributed by atoms with Crippen molar-refractivity contribution in [2.75, 3.05) is 5.32 Å². The van der Waals surface area contributed by atoms with Crippen LogP contribution < -0.4 is 5.32 Å². The average molecular weight is 371 g/mol. The number of tetrazole rings is 1. The second-order valence-corrected chi connectivity index (χ2v) is 7.18. The monoisotopic (exact) mass is 371 g/mol. The zero-order valence-electron chi connectivity index (χ0n) is 14.6. The molecule has 3 rings (SSSR count). The van der Waals surface area contributed by atoms with Gasteiger partial charge in [-0.05, 0) is 66.6 Å². The van der Waals surface area contributed by atoms with Gasteiger partial charge in [-0.15, -0.1) is 5.10 Å². The lowest BCUT2D eigenvalue weighted by Crippen LogP contribution is -2.23. The number of amides is 1. The first-order chi connectivity index (χ1) is 12.5. The molecule has 6 nitrogen and oxygen atoms in total.